The van der Waals surface area contributed by atoms with Crippen molar-refractivity contribution in [1.29, 1.82) is 0 Å². The van der Waals surface area contributed by atoms with E-state index in [2.05, 4.69) is 5.32 Å². The molecule has 1 atom stereocenters. The van der Waals surface area contributed by atoms with Gasteiger partial charge in [0.15, 0.2) is 0 Å². The second-order valence-electron chi connectivity index (χ2n) is 4.95. The van der Waals surface area contributed by atoms with Crippen molar-refractivity contribution in [3.63, 3.8) is 0 Å². The highest BCUT2D eigenvalue weighted by Gasteiger charge is 2.18. The van der Waals surface area contributed by atoms with Crippen molar-refractivity contribution in [3.05, 3.63) is 58.6 Å². The van der Waals surface area contributed by atoms with E-state index in [9.17, 15) is 4.79 Å². The van der Waals surface area contributed by atoms with E-state index in [4.69, 9.17) is 26.8 Å². The van der Waals surface area contributed by atoms with Crippen LogP contribution >= 0.6 is 11.6 Å². The minimum Gasteiger partial charge on any atom is -0.497 e. The van der Waals surface area contributed by atoms with Crippen LogP contribution < -0.4 is 20.5 Å². The highest BCUT2D eigenvalue weighted by atomic mass is 35.5. The molecular weight excluding hydrogens is 316 g/mol. The first-order valence-electron chi connectivity index (χ1n) is 7.04. The van der Waals surface area contributed by atoms with Crippen molar-refractivity contribution in [2.45, 2.75) is 12.6 Å². The molecule has 1 amide bonds. The van der Waals surface area contributed by atoms with Crippen LogP contribution in [0.15, 0.2) is 42.5 Å². The van der Waals surface area contributed by atoms with Crippen molar-refractivity contribution < 1.29 is 14.3 Å². The maximum absolute atomic E-state index is 11.7. The van der Waals surface area contributed by atoms with Crippen molar-refractivity contribution in [2.75, 3.05) is 14.2 Å². The molecule has 0 radical (unpaired) electrons. The fourth-order valence-corrected chi connectivity index (χ4v) is 2.37. The normalized spacial score (nSPS) is 11.8. The molecule has 6 heteroatoms. The number of hydrogen-bond acceptors (Lipinski definition) is 4. The van der Waals surface area contributed by atoms with Crippen LogP contribution in [-0.4, -0.2) is 20.1 Å². The molecule has 0 heterocycles. The van der Waals surface area contributed by atoms with E-state index in [-0.39, 0.29) is 0 Å². The van der Waals surface area contributed by atoms with Crippen LogP contribution in [0, 0.1) is 0 Å². The molecule has 2 rings (SSSR count). The number of rotatable bonds is 7. The molecule has 23 heavy (non-hydrogen) atoms. The summed E-state index contributed by atoms with van der Waals surface area (Å²) < 4.78 is 10.5. The standard InChI is InChI=1S/C17H19ClN2O3/c1-22-14-8-5-12(15(9-14)23-2)10-20-16(17(19)21)11-3-6-13(18)7-4-11/h3-9,16,20H,10H2,1-2H3,(H2,19,21). The molecule has 2 aromatic rings. The molecule has 1 unspecified atom stereocenters. The molecule has 2 aromatic carbocycles. The molecule has 0 fully saturated rings. The van der Waals surface area contributed by atoms with E-state index in [0.29, 0.717) is 23.1 Å². The van der Waals surface area contributed by atoms with Gasteiger partial charge in [0.05, 0.1) is 14.2 Å². The van der Waals surface area contributed by atoms with Crippen LogP contribution in [-0.2, 0) is 11.3 Å². The lowest BCUT2D eigenvalue weighted by molar-refractivity contribution is -0.120. The summed E-state index contributed by atoms with van der Waals surface area (Å²) in [6.45, 7) is 0.420. The van der Waals surface area contributed by atoms with Crippen LogP contribution in [0.4, 0.5) is 0 Å². The van der Waals surface area contributed by atoms with Gasteiger partial charge >= 0.3 is 0 Å². The predicted octanol–water partition coefficient (Wildman–Crippen LogP) is 2.67. The van der Waals surface area contributed by atoms with E-state index in [1.54, 1.807) is 44.6 Å². The number of primary amides is 1. The van der Waals surface area contributed by atoms with Crippen LogP contribution in [0.3, 0.4) is 0 Å². The summed E-state index contributed by atoms with van der Waals surface area (Å²) >= 11 is 5.87. The van der Waals surface area contributed by atoms with Gasteiger partial charge in [0.25, 0.3) is 0 Å². The number of halogens is 1. The summed E-state index contributed by atoms with van der Waals surface area (Å²) in [6.07, 6.45) is 0. The zero-order valence-electron chi connectivity index (χ0n) is 13.0. The Morgan fingerprint density at radius 2 is 1.87 bits per heavy atom. The second kappa shape index (κ2) is 7.85. The van der Waals surface area contributed by atoms with E-state index in [1.807, 2.05) is 12.1 Å². The van der Waals surface area contributed by atoms with Gasteiger partial charge in [0, 0.05) is 23.2 Å². The molecule has 0 spiro atoms. The van der Waals surface area contributed by atoms with Crippen molar-refractivity contribution in [1.82, 2.24) is 5.32 Å². The van der Waals surface area contributed by atoms with Crippen LogP contribution in [0.1, 0.15) is 17.2 Å². The summed E-state index contributed by atoms with van der Waals surface area (Å²) in [6, 6.07) is 11.9. The molecule has 0 saturated heterocycles. The Labute approximate surface area is 140 Å². The van der Waals surface area contributed by atoms with Gasteiger partial charge in [-0.25, -0.2) is 0 Å². The van der Waals surface area contributed by atoms with Gasteiger partial charge in [-0.05, 0) is 23.8 Å². The van der Waals surface area contributed by atoms with Crippen molar-refractivity contribution in [3.8, 4) is 11.5 Å². The van der Waals surface area contributed by atoms with E-state index in [0.717, 1.165) is 11.1 Å². The molecule has 122 valence electrons. The highest BCUT2D eigenvalue weighted by molar-refractivity contribution is 6.30. The fourth-order valence-electron chi connectivity index (χ4n) is 2.25. The summed E-state index contributed by atoms with van der Waals surface area (Å²) in [4.78, 5) is 11.7. The first-order chi connectivity index (χ1) is 11.0. The summed E-state index contributed by atoms with van der Waals surface area (Å²) in [5.74, 6) is 0.922. The molecular formula is C17H19ClN2O3. The summed E-state index contributed by atoms with van der Waals surface area (Å²) in [5.41, 5.74) is 7.16. The topological polar surface area (TPSA) is 73.6 Å². The van der Waals surface area contributed by atoms with Crippen LogP contribution in [0.2, 0.25) is 5.02 Å². The largest absolute Gasteiger partial charge is 0.497 e. The van der Waals surface area contributed by atoms with Gasteiger partial charge in [-0.3, -0.25) is 10.1 Å². The zero-order chi connectivity index (χ0) is 16.8. The molecule has 3 N–H and O–H groups in total. The average Bonchev–Trinajstić information content (AvgIpc) is 2.56. The summed E-state index contributed by atoms with van der Waals surface area (Å²) in [5, 5.41) is 3.75. The number of hydrogen-bond donors (Lipinski definition) is 2. The van der Waals surface area contributed by atoms with Crippen molar-refractivity contribution >= 4 is 17.5 Å². The monoisotopic (exact) mass is 334 g/mol. The van der Waals surface area contributed by atoms with E-state index >= 15 is 0 Å². The Morgan fingerprint density at radius 1 is 1.17 bits per heavy atom. The Bertz CT molecular complexity index is 674. The van der Waals surface area contributed by atoms with E-state index < -0.39 is 11.9 Å². The minimum atomic E-state index is -0.612. The SMILES string of the molecule is COc1ccc(CNC(C(N)=O)c2ccc(Cl)cc2)c(OC)c1. The zero-order valence-corrected chi connectivity index (χ0v) is 13.8. The molecule has 0 aliphatic rings. The third kappa shape index (κ3) is 4.37. The lowest BCUT2D eigenvalue weighted by Crippen LogP contribution is -2.33. The average molecular weight is 335 g/mol. The van der Waals surface area contributed by atoms with Gasteiger partial charge in [0.2, 0.25) is 5.91 Å². The third-order valence-electron chi connectivity index (χ3n) is 3.48. The maximum Gasteiger partial charge on any atom is 0.239 e. The van der Waals surface area contributed by atoms with Gasteiger partial charge < -0.3 is 15.2 Å². The Kier molecular flexibility index (Phi) is 5.84. The van der Waals surface area contributed by atoms with E-state index in [1.165, 1.54) is 0 Å². The van der Waals surface area contributed by atoms with Gasteiger partial charge in [0.1, 0.15) is 17.5 Å². The summed E-state index contributed by atoms with van der Waals surface area (Å²) in [7, 11) is 3.18. The predicted molar refractivity (Wildman–Crippen MR) is 89.8 cm³/mol. The Morgan fingerprint density at radius 3 is 2.43 bits per heavy atom. The highest BCUT2D eigenvalue weighted by Crippen LogP contribution is 2.25. The third-order valence-corrected chi connectivity index (χ3v) is 3.73. The molecule has 0 aliphatic heterocycles. The fraction of sp³-hybridized carbons (Fsp3) is 0.235. The van der Waals surface area contributed by atoms with Crippen LogP contribution in [0.25, 0.3) is 0 Å². The number of benzene rings is 2. The lowest BCUT2D eigenvalue weighted by Gasteiger charge is -2.17. The smallest absolute Gasteiger partial charge is 0.239 e. The number of ether oxygens (including phenoxy) is 2. The van der Waals surface area contributed by atoms with Gasteiger partial charge in [-0.2, -0.15) is 0 Å². The number of carbonyl (C=O) groups is 1. The first-order valence-corrected chi connectivity index (χ1v) is 7.42. The molecule has 0 bridgehead atoms. The quantitative estimate of drug-likeness (QED) is 0.816. The minimum absolute atomic E-state index is 0.420. The number of carbonyl (C=O) groups excluding carboxylic acids is 1. The van der Waals surface area contributed by atoms with Crippen molar-refractivity contribution in [2.24, 2.45) is 5.73 Å². The number of nitrogens with two attached hydrogens (primary N) is 1. The maximum atomic E-state index is 11.7. The number of amides is 1. The molecule has 0 aromatic heterocycles. The van der Waals surface area contributed by atoms with Gasteiger partial charge in [-0.1, -0.05) is 29.8 Å². The Hall–Kier alpha value is -2.24. The lowest BCUT2D eigenvalue weighted by atomic mass is 10.1. The van der Waals surface area contributed by atoms with Crippen LogP contribution in [0.5, 0.6) is 11.5 Å². The number of methoxy groups -OCH3 is 2. The molecule has 5 nitrogen and oxygen atoms in total. The second-order valence-corrected chi connectivity index (χ2v) is 5.38. The molecule has 0 saturated carbocycles. The number of nitrogens with one attached hydrogen (secondary N) is 1. The van der Waals surface area contributed by atoms with Gasteiger partial charge in [-0.15, -0.1) is 0 Å². The molecule has 0 aliphatic carbocycles. The Balaban J connectivity index is 2.16. The first kappa shape index (κ1) is 17.1.